The van der Waals surface area contributed by atoms with Gasteiger partial charge in [0.1, 0.15) is 0 Å². The van der Waals surface area contributed by atoms with Gasteiger partial charge in [0.05, 0.1) is 11.1 Å². The number of sulfonamides is 1. The van der Waals surface area contributed by atoms with Gasteiger partial charge in [-0.1, -0.05) is 36.4 Å². The second kappa shape index (κ2) is 6.16. The van der Waals surface area contributed by atoms with Crippen molar-refractivity contribution in [2.75, 3.05) is 0 Å². The van der Waals surface area contributed by atoms with Gasteiger partial charge in [-0.2, -0.15) is 13.5 Å². The van der Waals surface area contributed by atoms with E-state index in [9.17, 15) is 8.42 Å². The molecule has 0 aliphatic rings. The summed E-state index contributed by atoms with van der Waals surface area (Å²) in [7, 11) is -3.59. The van der Waals surface area contributed by atoms with E-state index < -0.39 is 10.0 Å². The van der Waals surface area contributed by atoms with Gasteiger partial charge < -0.3 is 0 Å². The number of halogens is 1. The lowest BCUT2D eigenvalue weighted by Crippen LogP contribution is -2.18. The molecule has 0 amide bonds. The first-order valence-electron chi connectivity index (χ1n) is 5.44. The van der Waals surface area contributed by atoms with E-state index >= 15 is 0 Å². The van der Waals surface area contributed by atoms with Gasteiger partial charge in [0, 0.05) is 9.13 Å². The zero-order valence-corrected chi connectivity index (χ0v) is 12.8. The van der Waals surface area contributed by atoms with Gasteiger partial charge in [-0.15, -0.1) is 0 Å². The third-order valence-electron chi connectivity index (χ3n) is 2.34. The van der Waals surface area contributed by atoms with E-state index in [1.54, 1.807) is 18.2 Å². The number of hydrazone groups is 1. The second-order valence-electron chi connectivity index (χ2n) is 3.69. The van der Waals surface area contributed by atoms with Crippen LogP contribution in [0.15, 0.2) is 64.6 Å². The molecule has 0 saturated heterocycles. The predicted molar refractivity (Wildman–Crippen MR) is 83.5 cm³/mol. The fourth-order valence-electron chi connectivity index (χ4n) is 1.40. The van der Waals surface area contributed by atoms with Gasteiger partial charge in [0.15, 0.2) is 0 Å². The molecule has 0 unspecified atom stereocenters. The molecule has 0 heterocycles. The lowest BCUT2D eigenvalue weighted by atomic mass is 10.2. The van der Waals surface area contributed by atoms with E-state index in [1.807, 2.05) is 24.3 Å². The van der Waals surface area contributed by atoms with E-state index in [2.05, 4.69) is 32.5 Å². The quantitative estimate of drug-likeness (QED) is 0.499. The smallest absolute Gasteiger partial charge is 0.200 e. The van der Waals surface area contributed by atoms with Crippen LogP contribution >= 0.6 is 22.6 Å². The molecule has 0 fully saturated rings. The molecule has 0 spiro atoms. The summed E-state index contributed by atoms with van der Waals surface area (Å²) in [5, 5.41) is 3.78. The summed E-state index contributed by atoms with van der Waals surface area (Å²) in [5.41, 5.74) is 0.860. The Morgan fingerprint density at radius 1 is 1.00 bits per heavy atom. The highest BCUT2D eigenvalue weighted by Crippen LogP contribution is 2.09. The number of nitrogens with one attached hydrogen (secondary N) is 1. The standard InChI is InChI=1S/C13H11IN2O2S/c14-13-9-5-4-6-11(13)10-15-16-19(17,18)12-7-2-1-3-8-12/h1-10,16H/b15-10-. The molecular formula is C13H11IN2O2S. The number of hydrogen-bond donors (Lipinski definition) is 1. The molecule has 0 saturated carbocycles. The first-order valence-corrected chi connectivity index (χ1v) is 8.00. The van der Waals surface area contributed by atoms with Crippen molar-refractivity contribution in [1.82, 2.24) is 4.83 Å². The normalized spacial score (nSPS) is 11.6. The highest BCUT2D eigenvalue weighted by atomic mass is 127. The van der Waals surface area contributed by atoms with Crippen molar-refractivity contribution in [3.05, 3.63) is 63.7 Å². The maximum absolute atomic E-state index is 11.9. The molecule has 98 valence electrons. The molecule has 6 heteroatoms. The van der Waals surface area contributed by atoms with Crippen molar-refractivity contribution < 1.29 is 8.42 Å². The minimum absolute atomic E-state index is 0.190. The molecule has 0 radical (unpaired) electrons. The molecule has 0 bridgehead atoms. The first kappa shape index (κ1) is 14.0. The van der Waals surface area contributed by atoms with Gasteiger partial charge >= 0.3 is 0 Å². The maximum atomic E-state index is 11.9. The summed E-state index contributed by atoms with van der Waals surface area (Å²) in [5.74, 6) is 0. The van der Waals surface area contributed by atoms with E-state index in [0.717, 1.165) is 9.13 Å². The highest BCUT2D eigenvalue weighted by Gasteiger charge is 2.10. The van der Waals surface area contributed by atoms with Crippen LogP contribution in [0.5, 0.6) is 0 Å². The van der Waals surface area contributed by atoms with E-state index in [4.69, 9.17) is 0 Å². The maximum Gasteiger partial charge on any atom is 0.276 e. The van der Waals surface area contributed by atoms with Crippen LogP contribution in [0.25, 0.3) is 0 Å². The molecule has 2 rings (SSSR count). The van der Waals surface area contributed by atoms with Crippen molar-refractivity contribution >= 4 is 38.8 Å². The summed E-state index contributed by atoms with van der Waals surface area (Å²) in [6, 6.07) is 15.7. The molecule has 19 heavy (non-hydrogen) atoms. The predicted octanol–water partition coefficient (Wildman–Crippen LogP) is 2.60. The molecule has 2 aromatic rings. The van der Waals surface area contributed by atoms with Gasteiger partial charge in [0.25, 0.3) is 10.0 Å². The zero-order chi connectivity index (χ0) is 13.7. The molecule has 4 nitrogen and oxygen atoms in total. The van der Waals surface area contributed by atoms with Crippen LogP contribution in [-0.2, 0) is 10.0 Å². The Balaban J connectivity index is 2.13. The second-order valence-corrected chi connectivity index (χ2v) is 6.51. The van der Waals surface area contributed by atoms with Crippen molar-refractivity contribution in [2.45, 2.75) is 4.90 Å². The minimum atomic E-state index is -3.59. The largest absolute Gasteiger partial charge is 0.276 e. The Labute approximate surface area is 125 Å². The summed E-state index contributed by atoms with van der Waals surface area (Å²) >= 11 is 2.16. The average Bonchev–Trinajstić information content (AvgIpc) is 2.42. The van der Waals surface area contributed by atoms with Crippen molar-refractivity contribution in [1.29, 1.82) is 0 Å². The highest BCUT2D eigenvalue weighted by molar-refractivity contribution is 14.1. The number of nitrogens with zero attached hydrogens (tertiary/aromatic N) is 1. The van der Waals surface area contributed by atoms with Crippen molar-refractivity contribution in [3.63, 3.8) is 0 Å². The van der Waals surface area contributed by atoms with Gasteiger partial charge in [-0.05, 0) is 40.8 Å². The average molecular weight is 386 g/mol. The van der Waals surface area contributed by atoms with E-state index in [1.165, 1.54) is 18.3 Å². The summed E-state index contributed by atoms with van der Waals surface area (Å²) in [6.07, 6.45) is 1.49. The summed E-state index contributed by atoms with van der Waals surface area (Å²) in [6.45, 7) is 0. The Morgan fingerprint density at radius 3 is 2.32 bits per heavy atom. The molecule has 0 atom stereocenters. The molecule has 0 aliphatic carbocycles. The lowest BCUT2D eigenvalue weighted by Gasteiger charge is -2.02. The Morgan fingerprint density at radius 2 is 1.63 bits per heavy atom. The van der Waals surface area contributed by atoms with Gasteiger partial charge in [-0.25, -0.2) is 4.83 Å². The van der Waals surface area contributed by atoms with Gasteiger partial charge in [-0.3, -0.25) is 0 Å². The summed E-state index contributed by atoms with van der Waals surface area (Å²) < 4.78 is 24.8. The van der Waals surface area contributed by atoms with Crippen LogP contribution in [0.4, 0.5) is 0 Å². The molecule has 1 N–H and O–H groups in total. The Kier molecular flexibility index (Phi) is 4.54. The third-order valence-corrected chi connectivity index (χ3v) is 4.56. The number of hydrogen-bond acceptors (Lipinski definition) is 3. The zero-order valence-electron chi connectivity index (χ0n) is 9.82. The summed E-state index contributed by atoms with van der Waals surface area (Å²) in [4.78, 5) is 2.38. The first-order chi connectivity index (χ1) is 9.09. The van der Waals surface area contributed by atoms with Gasteiger partial charge in [0.2, 0.25) is 0 Å². The topological polar surface area (TPSA) is 58.5 Å². The van der Waals surface area contributed by atoms with Crippen LogP contribution in [0.1, 0.15) is 5.56 Å². The van der Waals surface area contributed by atoms with Crippen molar-refractivity contribution in [3.8, 4) is 0 Å². The fraction of sp³-hybridized carbons (Fsp3) is 0. The monoisotopic (exact) mass is 386 g/mol. The third kappa shape index (κ3) is 3.77. The SMILES string of the molecule is O=S(=O)(N/N=C\c1ccccc1I)c1ccccc1. The van der Waals surface area contributed by atoms with E-state index in [-0.39, 0.29) is 4.90 Å². The van der Waals surface area contributed by atoms with Crippen LogP contribution in [0.3, 0.4) is 0 Å². The molecule has 2 aromatic carbocycles. The minimum Gasteiger partial charge on any atom is -0.200 e. The van der Waals surface area contributed by atoms with Crippen LogP contribution in [0.2, 0.25) is 0 Å². The number of benzene rings is 2. The lowest BCUT2D eigenvalue weighted by molar-refractivity contribution is 0.584. The fourth-order valence-corrected chi connectivity index (χ4v) is 2.74. The van der Waals surface area contributed by atoms with Crippen molar-refractivity contribution in [2.24, 2.45) is 5.10 Å². The van der Waals surface area contributed by atoms with Crippen LogP contribution in [0, 0.1) is 3.57 Å². The Bertz CT molecular complexity index is 685. The molecule has 0 aromatic heterocycles. The van der Waals surface area contributed by atoms with E-state index in [0.29, 0.717) is 0 Å². The molecule has 0 aliphatic heterocycles. The molecular weight excluding hydrogens is 375 g/mol. The van der Waals surface area contributed by atoms with Crippen LogP contribution < -0.4 is 4.83 Å². The Hall–Kier alpha value is -1.41. The van der Waals surface area contributed by atoms with Crippen LogP contribution in [-0.4, -0.2) is 14.6 Å². The number of rotatable bonds is 4.